The third-order valence-electron chi connectivity index (χ3n) is 5.27. The number of aryl methyl sites for hydroxylation is 1. The molecule has 34 heavy (non-hydrogen) atoms. The molecular formula is C24H26N2O6S2. The fourth-order valence-corrected chi connectivity index (χ4v) is 6.38. The summed E-state index contributed by atoms with van der Waals surface area (Å²) < 4.78 is 40.5. The number of hydrogen-bond donors (Lipinski definition) is 1. The van der Waals surface area contributed by atoms with Crippen molar-refractivity contribution in [2.75, 3.05) is 17.5 Å². The normalized spacial score (nSPS) is 12.9. The number of nitrogens with zero attached hydrogens (tertiary/aromatic N) is 2. The van der Waals surface area contributed by atoms with E-state index in [4.69, 9.17) is 14.6 Å². The topological polar surface area (TPSA) is 106 Å². The van der Waals surface area contributed by atoms with Crippen LogP contribution in [0.4, 0.5) is 5.69 Å². The maximum Gasteiger partial charge on any atom is 0.335 e. The van der Waals surface area contributed by atoms with Crippen molar-refractivity contribution in [3.63, 3.8) is 0 Å². The summed E-state index contributed by atoms with van der Waals surface area (Å²) in [5, 5.41) is 10.8. The summed E-state index contributed by atoms with van der Waals surface area (Å²) in [6.45, 7) is 6.59. The lowest BCUT2D eigenvalue weighted by Gasteiger charge is -2.27. The number of thiazole rings is 1. The molecule has 2 heterocycles. The largest absolute Gasteiger partial charge is 0.493 e. The zero-order valence-corrected chi connectivity index (χ0v) is 20.8. The number of rotatable bonds is 9. The maximum atomic E-state index is 13.6. The number of benzene rings is 2. The van der Waals surface area contributed by atoms with Crippen molar-refractivity contribution >= 4 is 33.0 Å². The first-order valence-corrected chi connectivity index (χ1v) is 13.2. The molecule has 0 spiro atoms. The van der Waals surface area contributed by atoms with Crippen LogP contribution in [0.1, 0.15) is 41.0 Å². The predicted molar refractivity (Wildman–Crippen MR) is 130 cm³/mol. The number of carbonyl (C=O) groups is 1. The quantitative estimate of drug-likeness (QED) is 0.459. The highest BCUT2D eigenvalue weighted by atomic mass is 32.2. The van der Waals surface area contributed by atoms with Gasteiger partial charge in [-0.1, -0.05) is 26.0 Å². The Morgan fingerprint density at radius 2 is 2.00 bits per heavy atom. The van der Waals surface area contributed by atoms with Gasteiger partial charge in [0, 0.05) is 30.1 Å². The van der Waals surface area contributed by atoms with Crippen molar-refractivity contribution in [1.29, 1.82) is 0 Å². The highest BCUT2D eigenvalue weighted by Crippen LogP contribution is 2.41. The molecule has 0 fully saturated rings. The summed E-state index contributed by atoms with van der Waals surface area (Å²) in [4.78, 5) is 15.3. The van der Waals surface area contributed by atoms with E-state index in [0.717, 1.165) is 22.5 Å². The first-order valence-electron chi connectivity index (χ1n) is 10.8. The number of carboxylic acids is 1. The Kier molecular flexibility index (Phi) is 6.81. The van der Waals surface area contributed by atoms with E-state index in [2.05, 4.69) is 4.98 Å². The van der Waals surface area contributed by atoms with E-state index in [1.54, 1.807) is 30.5 Å². The molecule has 1 aliphatic heterocycles. The summed E-state index contributed by atoms with van der Waals surface area (Å²) in [5.41, 5.74) is 2.95. The Morgan fingerprint density at radius 1 is 1.26 bits per heavy atom. The van der Waals surface area contributed by atoms with E-state index in [1.165, 1.54) is 16.4 Å². The minimum absolute atomic E-state index is 0.0395. The predicted octanol–water partition coefficient (Wildman–Crippen LogP) is 4.51. The van der Waals surface area contributed by atoms with Crippen LogP contribution in [0, 0.1) is 12.8 Å². The van der Waals surface area contributed by atoms with Crippen molar-refractivity contribution in [1.82, 2.24) is 4.98 Å². The number of aromatic carboxylic acids is 1. The Bertz CT molecular complexity index is 1300. The molecule has 0 radical (unpaired) electrons. The van der Waals surface area contributed by atoms with E-state index in [1.807, 2.05) is 19.9 Å². The molecule has 10 heteroatoms. The molecule has 0 atom stereocenters. The van der Waals surface area contributed by atoms with Crippen LogP contribution < -0.4 is 13.8 Å². The van der Waals surface area contributed by atoms with E-state index >= 15 is 0 Å². The molecule has 8 nitrogen and oxygen atoms in total. The van der Waals surface area contributed by atoms with Gasteiger partial charge in [0.2, 0.25) is 4.34 Å². The van der Waals surface area contributed by atoms with Crippen LogP contribution in [0.2, 0.25) is 0 Å². The van der Waals surface area contributed by atoms with Crippen LogP contribution in [-0.4, -0.2) is 37.6 Å². The lowest BCUT2D eigenvalue weighted by atomic mass is 10.1. The molecule has 1 N–H and O–H groups in total. The van der Waals surface area contributed by atoms with Gasteiger partial charge in [-0.2, -0.15) is 8.42 Å². The van der Waals surface area contributed by atoms with Gasteiger partial charge in [-0.15, -0.1) is 11.3 Å². The van der Waals surface area contributed by atoms with Crippen molar-refractivity contribution < 1.29 is 27.8 Å². The van der Waals surface area contributed by atoms with Gasteiger partial charge in [-0.25, -0.2) is 9.78 Å². The fourth-order valence-electron chi connectivity index (χ4n) is 3.61. The second kappa shape index (κ2) is 9.63. The SMILES string of the molecule is Cc1csc(S(=O)(=O)N(CC(C)C)c2cc3c(cc2OCc2ccc(C(=O)O)cc2)OCC3)n1. The Morgan fingerprint density at radius 3 is 2.62 bits per heavy atom. The van der Waals surface area contributed by atoms with Crippen LogP contribution in [0.25, 0.3) is 0 Å². The van der Waals surface area contributed by atoms with Gasteiger partial charge in [0.15, 0.2) is 0 Å². The number of sulfonamides is 1. The van der Waals surface area contributed by atoms with Crippen LogP contribution >= 0.6 is 11.3 Å². The van der Waals surface area contributed by atoms with Crippen LogP contribution in [-0.2, 0) is 23.1 Å². The molecule has 2 aromatic carbocycles. The minimum atomic E-state index is -3.91. The summed E-state index contributed by atoms with van der Waals surface area (Å²) in [5.74, 6) is 0.0988. The molecule has 1 aliphatic rings. The van der Waals surface area contributed by atoms with E-state index in [9.17, 15) is 13.2 Å². The monoisotopic (exact) mass is 502 g/mol. The lowest BCUT2D eigenvalue weighted by molar-refractivity contribution is 0.0697. The third-order valence-corrected chi connectivity index (χ3v) is 8.41. The van der Waals surface area contributed by atoms with E-state index in [-0.39, 0.29) is 29.0 Å². The Labute approximate surface area is 202 Å². The number of ether oxygens (including phenoxy) is 2. The zero-order chi connectivity index (χ0) is 24.5. The minimum Gasteiger partial charge on any atom is -0.493 e. The zero-order valence-electron chi connectivity index (χ0n) is 19.1. The smallest absolute Gasteiger partial charge is 0.335 e. The first kappa shape index (κ1) is 24.0. The van der Waals surface area contributed by atoms with Gasteiger partial charge >= 0.3 is 5.97 Å². The molecular weight excluding hydrogens is 476 g/mol. The molecule has 0 aliphatic carbocycles. The van der Waals surface area contributed by atoms with Crippen molar-refractivity contribution in [3.8, 4) is 11.5 Å². The van der Waals surface area contributed by atoms with E-state index < -0.39 is 16.0 Å². The van der Waals surface area contributed by atoms with Crippen molar-refractivity contribution in [3.05, 3.63) is 64.2 Å². The molecule has 3 aromatic rings. The van der Waals surface area contributed by atoms with Crippen LogP contribution in [0.15, 0.2) is 46.1 Å². The fraction of sp³-hybridized carbons (Fsp3) is 0.333. The highest BCUT2D eigenvalue weighted by Gasteiger charge is 2.32. The summed E-state index contributed by atoms with van der Waals surface area (Å²) >= 11 is 1.10. The Balaban J connectivity index is 1.73. The standard InChI is InChI=1S/C24H26N2O6S2/c1-15(2)12-26(34(29,30)24-25-16(3)14-33-24)20-10-19-8-9-31-21(19)11-22(20)32-13-17-4-6-18(7-5-17)23(27)28/h4-7,10-11,14-15H,8-9,12-13H2,1-3H3,(H,27,28). The molecule has 180 valence electrons. The molecule has 0 amide bonds. The second-order valence-corrected chi connectivity index (χ2v) is 11.4. The number of hydrogen-bond acceptors (Lipinski definition) is 7. The van der Waals surface area contributed by atoms with Gasteiger partial charge in [-0.05, 0) is 42.2 Å². The molecule has 1 aromatic heterocycles. The van der Waals surface area contributed by atoms with Gasteiger partial charge < -0.3 is 14.6 Å². The van der Waals surface area contributed by atoms with Gasteiger partial charge in [0.05, 0.1) is 17.9 Å². The number of fused-ring (bicyclic) bond motifs is 1. The molecule has 0 bridgehead atoms. The lowest BCUT2D eigenvalue weighted by Crippen LogP contribution is -2.34. The molecule has 0 saturated carbocycles. The molecule has 4 rings (SSSR count). The van der Waals surface area contributed by atoms with Gasteiger partial charge in [-0.3, -0.25) is 4.31 Å². The maximum absolute atomic E-state index is 13.6. The number of carboxylic acid groups (broad SMARTS) is 1. The second-order valence-electron chi connectivity index (χ2n) is 8.50. The van der Waals surface area contributed by atoms with Crippen molar-refractivity contribution in [2.45, 2.75) is 38.1 Å². The molecule has 0 unspecified atom stereocenters. The van der Waals surface area contributed by atoms with Gasteiger partial charge in [0.25, 0.3) is 10.0 Å². The number of anilines is 1. The summed E-state index contributed by atoms with van der Waals surface area (Å²) in [7, 11) is -3.91. The number of aromatic nitrogens is 1. The third kappa shape index (κ3) is 5.02. The average Bonchev–Trinajstić information content (AvgIpc) is 3.44. The highest BCUT2D eigenvalue weighted by molar-refractivity contribution is 7.94. The van der Waals surface area contributed by atoms with Gasteiger partial charge in [0.1, 0.15) is 18.1 Å². The average molecular weight is 503 g/mol. The van der Waals surface area contributed by atoms with Crippen LogP contribution in [0.3, 0.4) is 0 Å². The van der Waals surface area contributed by atoms with E-state index in [0.29, 0.717) is 35.9 Å². The van der Waals surface area contributed by atoms with Crippen molar-refractivity contribution in [2.24, 2.45) is 5.92 Å². The summed E-state index contributed by atoms with van der Waals surface area (Å²) in [6, 6.07) is 9.93. The van der Waals surface area contributed by atoms with Crippen LogP contribution in [0.5, 0.6) is 11.5 Å². The molecule has 0 saturated heterocycles. The Hall–Kier alpha value is -3.11. The first-order chi connectivity index (χ1) is 16.1. The summed E-state index contributed by atoms with van der Waals surface area (Å²) in [6.07, 6.45) is 0.686.